The van der Waals surface area contributed by atoms with Crippen molar-refractivity contribution < 1.29 is 18.9 Å². The Labute approximate surface area is 106 Å². The van der Waals surface area contributed by atoms with Gasteiger partial charge in [-0.2, -0.15) is 0 Å². The fourth-order valence-corrected chi connectivity index (χ4v) is 2.08. The Kier molecular flexibility index (Phi) is 3.07. The lowest BCUT2D eigenvalue weighted by Crippen LogP contribution is -2.39. The van der Waals surface area contributed by atoms with Gasteiger partial charge in [0, 0.05) is 6.42 Å². The first-order valence-corrected chi connectivity index (χ1v) is 6.13. The van der Waals surface area contributed by atoms with E-state index >= 15 is 0 Å². The molecule has 2 aliphatic heterocycles. The molecule has 0 atom stereocenters. The topological polar surface area (TPSA) is 36.9 Å². The predicted octanol–water partition coefficient (Wildman–Crippen LogP) is 2.69. The Morgan fingerprint density at radius 1 is 1.00 bits per heavy atom. The van der Waals surface area contributed by atoms with Crippen molar-refractivity contribution in [3.8, 4) is 0 Å². The molecule has 0 aliphatic carbocycles. The van der Waals surface area contributed by atoms with Gasteiger partial charge in [-0.3, -0.25) is 14.2 Å². The fraction of sp³-hybridized carbons (Fsp3) is 0.429. The minimum Gasteiger partial charge on any atom is -0.422 e. The molecular weight excluding hydrogens is 232 g/mol. The maximum Gasteiger partial charge on any atom is 0.461 e. The van der Waals surface area contributed by atoms with Gasteiger partial charge >= 0.3 is 6.16 Å². The average Bonchev–Trinajstić information content (AvgIpc) is 2.68. The largest absolute Gasteiger partial charge is 0.461 e. The zero-order valence-corrected chi connectivity index (χ0v) is 10.2. The Bertz CT molecular complexity index is 428. The minimum absolute atomic E-state index is 0.406. The highest BCUT2D eigenvalue weighted by atomic mass is 17.0. The van der Waals surface area contributed by atoms with Crippen molar-refractivity contribution in [1.82, 2.24) is 0 Å². The summed E-state index contributed by atoms with van der Waals surface area (Å²) in [7, 11) is 0. The third-order valence-corrected chi connectivity index (χ3v) is 3.08. The molecule has 4 nitrogen and oxygen atoms in total. The second-order valence-corrected chi connectivity index (χ2v) is 4.44. The number of allylic oxidation sites excluding steroid dienone is 1. The lowest BCUT2D eigenvalue weighted by Gasteiger charge is -2.29. The maximum absolute atomic E-state index is 5.68. The number of hydrogen-bond donors (Lipinski definition) is 0. The minimum atomic E-state index is -1.42. The van der Waals surface area contributed by atoms with E-state index in [4.69, 9.17) is 18.9 Å². The van der Waals surface area contributed by atoms with E-state index < -0.39 is 6.16 Å². The smallest absolute Gasteiger partial charge is 0.422 e. The number of fused-ring (bicyclic) bond motifs is 1. The summed E-state index contributed by atoms with van der Waals surface area (Å²) in [6.07, 6.45) is 0.203. The van der Waals surface area contributed by atoms with Gasteiger partial charge in [-0.05, 0) is 17.5 Å². The van der Waals surface area contributed by atoms with Gasteiger partial charge in [-0.25, -0.2) is 0 Å². The van der Waals surface area contributed by atoms with Crippen molar-refractivity contribution in [1.29, 1.82) is 0 Å². The van der Waals surface area contributed by atoms with E-state index in [2.05, 4.69) is 6.58 Å². The highest BCUT2D eigenvalue weighted by molar-refractivity contribution is 5.26. The summed E-state index contributed by atoms with van der Waals surface area (Å²) in [6.45, 7) is 5.19. The van der Waals surface area contributed by atoms with Crippen molar-refractivity contribution in [3.63, 3.8) is 0 Å². The van der Waals surface area contributed by atoms with Gasteiger partial charge in [0.15, 0.2) is 0 Å². The molecule has 3 rings (SSSR count). The first-order chi connectivity index (χ1) is 8.77. The van der Waals surface area contributed by atoms with E-state index in [1.54, 1.807) is 0 Å². The molecule has 0 unspecified atom stereocenters. The fourth-order valence-electron chi connectivity index (χ4n) is 2.08. The van der Waals surface area contributed by atoms with Crippen LogP contribution >= 0.6 is 0 Å². The van der Waals surface area contributed by atoms with Gasteiger partial charge in [0.1, 0.15) is 0 Å². The third-order valence-electron chi connectivity index (χ3n) is 3.08. The zero-order chi connectivity index (χ0) is 12.4. The number of hydrogen-bond acceptors (Lipinski definition) is 4. The quantitative estimate of drug-likeness (QED) is 0.707. The first-order valence-electron chi connectivity index (χ1n) is 6.13. The Morgan fingerprint density at radius 3 is 2.33 bits per heavy atom. The summed E-state index contributed by atoms with van der Waals surface area (Å²) >= 11 is 0. The molecule has 18 heavy (non-hydrogen) atoms. The van der Waals surface area contributed by atoms with Crippen molar-refractivity contribution in [2.45, 2.75) is 32.2 Å². The van der Waals surface area contributed by atoms with Crippen molar-refractivity contribution in [3.05, 3.63) is 47.7 Å². The highest BCUT2D eigenvalue weighted by Gasteiger charge is 2.41. The van der Waals surface area contributed by atoms with Gasteiger partial charge in [-0.15, -0.1) is 0 Å². The zero-order valence-electron chi connectivity index (χ0n) is 10.2. The van der Waals surface area contributed by atoms with Gasteiger partial charge in [0.05, 0.1) is 25.6 Å². The van der Waals surface area contributed by atoms with Crippen LogP contribution in [-0.4, -0.2) is 12.8 Å². The van der Waals surface area contributed by atoms with Crippen LogP contribution < -0.4 is 0 Å². The first kappa shape index (κ1) is 11.7. The molecule has 0 amide bonds. The average molecular weight is 248 g/mol. The van der Waals surface area contributed by atoms with Gasteiger partial charge in [0.25, 0.3) is 0 Å². The molecule has 0 aromatic heterocycles. The summed E-state index contributed by atoms with van der Waals surface area (Å²) in [5.41, 5.74) is 2.19. The molecule has 0 radical (unpaired) electrons. The number of benzene rings is 1. The molecule has 1 saturated heterocycles. The lowest BCUT2D eigenvalue weighted by atomic mass is 10.1. The van der Waals surface area contributed by atoms with Crippen LogP contribution in [0.3, 0.4) is 0 Å². The molecular formula is C14H16O4. The Balaban J connectivity index is 1.82. The Hall–Kier alpha value is -1.36. The summed E-state index contributed by atoms with van der Waals surface area (Å²) in [5.74, 6) is 0.637. The molecule has 96 valence electrons. The van der Waals surface area contributed by atoms with Crippen LogP contribution in [-0.2, 0) is 32.2 Å². The third kappa shape index (κ3) is 2.27. The normalized spacial score (nSPS) is 22.8. The van der Waals surface area contributed by atoms with E-state index in [1.165, 1.54) is 0 Å². The molecule has 0 bridgehead atoms. The van der Waals surface area contributed by atoms with Crippen LogP contribution in [0.15, 0.2) is 36.6 Å². The molecule has 4 heteroatoms. The van der Waals surface area contributed by atoms with Crippen LogP contribution in [0.5, 0.6) is 0 Å². The molecule has 0 N–H and O–H groups in total. The second kappa shape index (κ2) is 4.72. The molecule has 1 aromatic carbocycles. The number of ether oxygens (including phenoxy) is 4. The molecule has 2 heterocycles. The van der Waals surface area contributed by atoms with E-state index in [0.29, 0.717) is 25.6 Å². The van der Waals surface area contributed by atoms with Gasteiger partial charge < -0.3 is 4.74 Å². The van der Waals surface area contributed by atoms with Crippen LogP contribution in [0.25, 0.3) is 0 Å². The lowest BCUT2D eigenvalue weighted by molar-refractivity contribution is -0.489. The SMILES string of the molecule is C=C1CCCOC2(OCc3ccccc3CO2)O1. The second-order valence-electron chi connectivity index (χ2n) is 4.44. The van der Waals surface area contributed by atoms with E-state index in [0.717, 1.165) is 24.0 Å². The van der Waals surface area contributed by atoms with Gasteiger partial charge in [0.2, 0.25) is 0 Å². The maximum atomic E-state index is 5.68. The predicted molar refractivity (Wildman–Crippen MR) is 64.2 cm³/mol. The van der Waals surface area contributed by atoms with E-state index in [-0.39, 0.29) is 0 Å². The molecule has 0 saturated carbocycles. The van der Waals surface area contributed by atoms with Gasteiger partial charge in [-0.1, -0.05) is 30.8 Å². The molecule has 1 spiro atoms. The molecule has 2 aliphatic rings. The monoisotopic (exact) mass is 248 g/mol. The van der Waals surface area contributed by atoms with Crippen molar-refractivity contribution >= 4 is 0 Å². The van der Waals surface area contributed by atoms with Crippen LogP contribution in [0.1, 0.15) is 24.0 Å². The highest BCUT2D eigenvalue weighted by Crippen LogP contribution is 2.31. The summed E-state index contributed by atoms with van der Waals surface area (Å²) in [6, 6.07) is 7.99. The van der Waals surface area contributed by atoms with Crippen LogP contribution in [0, 0.1) is 0 Å². The summed E-state index contributed by atoms with van der Waals surface area (Å²) < 4.78 is 22.5. The summed E-state index contributed by atoms with van der Waals surface area (Å²) in [4.78, 5) is 0. The molecule has 1 fully saturated rings. The van der Waals surface area contributed by atoms with Crippen molar-refractivity contribution in [2.75, 3.05) is 6.61 Å². The van der Waals surface area contributed by atoms with E-state index in [9.17, 15) is 0 Å². The van der Waals surface area contributed by atoms with Crippen molar-refractivity contribution in [2.24, 2.45) is 0 Å². The summed E-state index contributed by atoms with van der Waals surface area (Å²) in [5, 5.41) is 0. The van der Waals surface area contributed by atoms with E-state index in [1.807, 2.05) is 24.3 Å². The van der Waals surface area contributed by atoms with Crippen LogP contribution in [0.2, 0.25) is 0 Å². The number of rotatable bonds is 0. The molecule has 1 aromatic rings. The standard InChI is InChI=1S/C14H16O4/c1-11-5-4-8-15-14(18-11)16-9-12-6-2-3-7-13(12)10-17-14/h2-3,6-7H,1,4-5,8-10H2. The Morgan fingerprint density at radius 2 is 1.67 bits per heavy atom. The van der Waals surface area contributed by atoms with Crippen LogP contribution in [0.4, 0.5) is 0 Å².